The van der Waals surface area contributed by atoms with Gasteiger partial charge in [0.1, 0.15) is 7.17 Å². The lowest BCUT2D eigenvalue weighted by Crippen LogP contribution is -2.03. The molecule has 0 unspecified atom stereocenters. The van der Waals surface area contributed by atoms with E-state index in [0.29, 0.717) is 5.88 Å². The molecule has 0 amide bonds. The Balaban J connectivity index is 2.54. The van der Waals surface area contributed by atoms with E-state index in [2.05, 4.69) is 26.1 Å². The Morgan fingerprint density at radius 3 is 2.00 bits per heavy atom. The minimum atomic E-state index is 0.579. The first-order valence-electron chi connectivity index (χ1n) is 1.95. The first-order valence-corrected chi connectivity index (χ1v) is 2.47. The Morgan fingerprint density at radius 1 is 1.80 bits per heavy atom. The van der Waals surface area contributed by atoms with Crippen molar-refractivity contribution in [2.45, 2.75) is 13.6 Å². The molecule has 0 atom stereocenters. The summed E-state index contributed by atoms with van der Waals surface area (Å²) in [5, 5.41) is 0. The van der Waals surface area contributed by atoms with Gasteiger partial charge in [0.2, 0.25) is 0 Å². The molecule has 0 fully saturated rings. The zero-order valence-electron chi connectivity index (χ0n) is 3.73. The molecule has 0 aliphatic heterocycles. The molecule has 0 N–H and O–H groups in total. The molecule has 0 radical (unpaired) electrons. The Labute approximate surface area is 40.0 Å². The summed E-state index contributed by atoms with van der Waals surface area (Å²) in [6.45, 7) is 4.21. The highest BCUT2D eigenvalue weighted by atomic mass is 32.1. The maximum atomic E-state index is 4.10. The van der Waals surface area contributed by atoms with Gasteiger partial charge in [-0.3, -0.25) is 0 Å². The molecule has 0 saturated heterocycles. The highest BCUT2D eigenvalue weighted by Crippen LogP contribution is 1.79. The molecule has 0 saturated carbocycles. The standard InChI is InChI=1S/C2H8B2S/c1-3-4(2)5/h3,5H,1-2H3. The minimum Gasteiger partial charge on any atom is -0.237 e. The van der Waals surface area contributed by atoms with E-state index >= 15 is 0 Å². The van der Waals surface area contributed by atoms with Gasteiger partial charge in [0.25, 0.3) is 0 Å². The van der Waals surface area contributed by atoms with E-state index in [1.165, 1.54) is 7.17 Å². The minimum absolute atomic E-state index is 0.579. The van der Waals surface area contributed by atoms with E-state index in [0.717, 1.165) is 0 Å². The second kappa shape index (κ2) is 2.70. The van der Waals surface area contributed by atoms with Crippen LogP contribution in [0.25, 0.3) is 0 Å². The van der Waals surface area contributed by atoms with Gasteiger partial charge in [0, 0.05) is 0 Å². The predicted molar refractivity (Wildman–Crippen MR) is 33.6 cm³/mol. The van der Waals surface area contributed by atoms with Gasteiger partial charge >= 0.3 is 0 Å². The molecule has 3 heteroatoms. The van der Waals surface area contributed by atoms with Gasteiger partial charge in [-0.2, -0.15) is 0 Å². The predicted octanol–water partition coefficient (Wildman–Crippen LogP) is 0.519. The first-order chi connectivity index (χ1) is 2.27. The molecule has 0 aliphatic rings. The number of rotatable bonds is 1. The van der Waals surface area contributed by atoms with E-state index in [9.17, 15) is 0 Å². The van der Waals surface area contributed by atoms with Crippen LogP contribution < -0.4 is 0 Å². The van der Waals surface area contributed by atoms with Crippen LogP contribution in [0.15, 0.2) is 0 Å². The zero-order chi connectivity index (χ0) is 4.28. The molecule has 0 rings (SSSR count). The summed E-state index contributed by atoms with van der Waals surface area (Å²) >= 11 is 4.10. The van der Waals surface area contributed by atoms with E-state index < -0.39 is 0 Å². The van der Waals surface area contributed by atoms with Crippen LogP contribution in [0.5, 0.6) is 0 Å². The molecule has 0 aromatic heterocycles. The third-order valence-electron chi connectivity index (χ3n) is 0.591. The van der Waals surface area contributed by atoms with Crippen molar-refractivity contribution in [3.8, 4) is 0 Å². The number of hydrogen-bond acceptors (Lipinski definition) is 1. The average molecular weight is 85.8 g/mol. The second-order valence-electron chi connectivity index (χ2n) is 1.26. The smallest absolute Gasteiger partial charge is 0.165 e. The fraction of sp³-hybridized carbons (Fsp3) is 1.00. The highest BCUT2D eigenvalue weighted by molar-refractivity contribution is 8.16. The van der Waals surface area contributed by atoms with Crippen molar-refractivity contribution in [1.29, 1.82) is 0 Å². The van der Waals surface area contributed by atoms with Gasteiger partial charge in [0.05, 0.1) is 0 Å². The summed E-state index contributed by atoms with van der Waals surface area (Å²) in [7, 11) is 1.17. The summed E-state index contributed by atoms with van der Waals surface area (Å²) in [5.41, 5.74) is 0. The summed E-state index contributed by atoms with van der Waals surface area (Å²) in [6.07, 6.45) is 0. The summed E-state index contributed by atoms with van der Waals surface area (Å²) in [6, 6.07) is 0. The van der Waals surface area contributed by atoms with Crippen molar-refractivity contribution in [3.63, 3.8) is 0 Å². The molecule has 28 valence electrons. The van der Waals surface area contributed by atoms with Crippen LogP contribution in [0.1, 0.15) is 0 Å². The molecular formula is C2H8B2S. The number of hydrogen-bond donors (Lipinski definition) is 1. The van der Waals surface area contributed by atoms with Crippen molar-refractivity contribution in [3.05, 3.63) is 0 Å². The largest absolute Gasteiger partial charge is 0.237 e. The summed E-state index contributed by atoms with van der Waals surface area (Å²) < 4.78 is 0. The molecule has 0 nitrogen and oxygen atoms in total. The van der Waals surface area contributed by atoms with E-state index in [1.807, 2.05) is 0 Å². The SMILES string of the molecule is CBB(C)S. The average Bonchev–Trinajstić information content (AvgIpc) is 1.38. The molecular weight excluding hydrogens is 77.7 g/mol. The zero-order valence-corrected chi connectivity index (χ0v) is 4.63. The van der Waals surface area contributed by atoms with Crippen LogP contribution in [-0.2, 0) is 0 Å². The molecule has 0 spiro atoms. The monoisotopic (exact) mass is 86.1 g/mol. The van der Waals surface area contributed by atoms with Gasteiger partial charge < -0.3 is 0 Å². The van der Waals surface area contributed by atoms with Crippen molar-refractivity contribution >= 4 is 25.5 Å². The molecule has 0 aliphatic carbocycles. The van der Waals surface area contributed by atoms with Gasteiger partial charge in [-0.15, -0.1) is 0 Å². The van der Waals surface area contributed by atoms with Crippen LogP contribution in [0.2, 0.25) is 13.6 Å². The lowest BCUT2D eigenvalue weighted by molar-refractivity contribution is 2.27. The van der Waals surface area contributed by atoms with Crippen LogP contribution >= 0.6 is 12.5 Å². The van der Waals surface area contributed by atoms with Gasteiger partial charge in [-0.05, 0) is 0 Å². The van der Waals surface area contributed by atoms with E-state index in [4.69, 9.17) is 0 Å². The maximum absolute atomic E-state index is 4.10. The summed E-state index contributed by atoms with van der Waals surface area (Å²) in [4.78, 5) is 0. The summed E-state index contributed by atoms with van der Waals surface area (Å²) in [5.74, 6) is 0.579. The Hall–Kier alpha value is 0.480. The Morgan fingerprint density at radius 2 is 2.00 bits per heavy atom. The van der Waals surface area contributed by atoms with Gasteiger partial charge in [-0.1, -0.05) is 13.6 Å². The van der Waals surface area contributed by atoms with Crippen molar-refractivity contribution in [2.75, 3.05) is 0 Å². The van der Waals surface area contributed by atoms with Crippen molar-refractivity contribution in [1.82, 2.24) is 0 Å². The third kappa shape index (κ3) is 4.48. The van der Waals surface area contributed by atoms with Crippen LogP contribution in [0, 0.1) is 0 Å². The van der Waals surface area contributed by atoms with Crippen LogP contribution in [-0.4, -0.2) is 13.1 Å². The Bertz CT molecular complexity index is 21.6. The maximum Gasteiger partial charge on any atom is 0.165 e. The van der Waals surface area contributed by atoms with Crippen LogP contribution in [0.4, 0.5) is 0 Å². The fourth-order valence-electron chi connectivity index (χ4n) is 0. The molecule has 0 aromatic carbocycles. The second-order valence-corrected chi connectivity index (χ2v) is 2.14. The highest BCUT2D eigenvalue weighted by Gasteiger charge is 1.91. The van der Waals surface area contributed by atoms with E-state index in [1.54, 1.807) is 0 Å². The molecule has 5 heavy (non-hydrogen) atoms. The number of thiol groups is 1. The quantitative estimate of drug-likeness (QED) is 0.349. The lowest BCUT2D eigenvalue weighted by atomic mass is 9.41. The molecule has 0 heterocycles. The lowest BCUT2D eigenvalue weighted by Gasteiger charge is -1.81. The van der Waals surface area contributed by atoms with Crippen LogP contribution in [0.3, 0.4) is 0 Å². The van der Waals surface area contributed by atoms with Gasteiger partial charge in [0.15, 0.2) is 5.88 Å². The topological polar surface area (TPSA) is 0 Å². The first kappa shape index (κ1) is 5.48. The van der Waals surface area contributed by atoms with E-state index in [-0.39, 0.29) is 0 Å². The Kier molecular flexibility index (Phi) is 2.96. The fourth-order valence-corrected chi connectivity index (χ4v) is 0. The molecule has 0 bridgehead atoms. The molecule has 0 aromatic rings. The normalized spacial score (nSPS) is 7.00. The third-order valence-corrected chi connectivity index (χ3v) is 0.956. The van der Waals surface area contributed by atoms with Crippen molar-refractivity contribution < 1.29 is 0 Å². The van der Waals surface area contributed by atoms with Gasteiger partial charge in [-0.25, -0.2) is 12.5 Å². The van der Waals surface area contributed by atoms with Crippen molar-refractivity contribution in [2.24, 2.45) is 0 Å².